The normalized spacial score (nSPS) is 22.2. The van der Waals surface area contributed by atoms with Crippen molar-refractivity contribution in [3.05, 3.63) is 82.9 Å². The molecule has 196 valence electrons. The summed E-state index contributed by atoms with van der Waals surface area (Å²) in [5, 5.41) is 16.3. The van der Waals surface area contributed by atoms with E-state index in [1.54, 1.807) is 0 Å². The number of hydrogen-bond acceptors (Lipinski definition) is 8. The summed E-state index contributed by atoms with van der Waals surface area (Å²) in [5.74, 6) is -0.00270. The first-order chi connectivity index (χ1) is 18.2. The summed E-state index contributed by atoms with van der Waals surface area (Å²) in [6.45, 7) is -0.619. The lowest BCUT2D eigenvalue weighted by Gasteiger charge is -2.25. The number of phosphoric ester groups is 1. The molecule has 12 heteroatoms. The summed E-state index contributed by atoms with van der Waals surface area (Å²) < 4.78 is 29.9. The molecule has 1 aromatic heterocycles. The number of rotatable bonds is 7. The van der Waals surface area contributed by atoms with Crippen LogP contribution in [-0.2, 0) is 25.2 Å². The van der Waals surface area contributed by atoms with Crippen LogP contribution >= 0.6 is 7.82 Å². The Balaban J connectivity index is 1.41. The monoisotopic (exact) mass is 537 g/mol. The number of anilines is 1. The van der Waals surface area contributed by atoms with Gasteiger partial charge in [-0.15, -0.1) is 0 Å². The van der Waals surface area contributed by atoms with E-state index in [-0.39, 0.29) is 12.4 Å². The van der Waals surface area contributed by atoms with Crippen LogP contribution in [0.3, 0.4) is 0 Å². The number of hydrogen-bond donors (Lipinski definition) is 4. The second-order valence-corrected chi connectivity index (χ2v) is 10.4. The number of nitrogen functional groups attached to an aromatic ring is 1. The Labute approximate surface area is 215 Å². The predicted octanol–water partition coefficient (Wildman–Crippen LogP) is 2.68. The van der Waals surface area contributed by atoms with E-state index in [1.165, 1.54) is 12.3 Å². The van der Waals surface area contributed by atoms with E-state index in [0.717, 1.165) is 42.4 Å². The first-order valence-corrected chi connectivity index (χ1v) is 13.4. The van der Waals surface area contributed by atoms with Crippen molar-refractivity contribution in [1.29, 1.82) is 0 Å². The lowest BCUT2D eigenvalue weighted by atomic mass is 9.92. The van der Waals surface area contributed by atoms with E-state index in [2.05, 4.69) is 29.2 Å². The van der Waals surface area contributed by atoms with Gasteiger partial charge in [-0.25, -0.2) is 9.36 Å². The summed E-state index contributed by atoms with van der Waals surface area (Å²) in [4.78, 5) is 35.4. The molecule has 1 aliphatic rings. The van der Waals surface area contributed by atoms with E-state index in [1.807, 2.05) is 30.3 Å². The standard InChI is InChI=1S/C26H24N3O8P/c27-20-10-11-29(26(31)28-20)25-24(23(19(12-30)36-25)37-38(32,33)34)35-13-17-7-6-16-5-4-14-2-1-3-15-8-9-18(17)22(16)21(14)15/h1-11,19,23-25,30H,12-13H2,(H2,27,28,31)(H2,32,33,34)/t19-,23-,24-,25-/m1/s1. The number of aliphatic hydroxyl groups is 1. The number of aromatic nitrogens is 2. The minimum Gasteiger partial charge on any atom is -0.394 e. The van der Waals surface area contributed by atoms with Crippen LogP contribution in [0.2, 0.25) is 0 Å². The van der Waals surface area contributed by atoms with Crippen LogP contribution < -0.4 is 11.4 Å². The molecule has 0 aliphatic carbocycles. The third-order valence-corrected chi connectivity index (χ3v) is 7.42. The summed E-state index contributed by atoms with van der Waals surface area (Å²) >= 11 is 0. The van der Waals surface area contributed by atoms with Gasteiger partial charge in [0.1, 0.15) is 24.1 Å². The lowest BCUT2D eigenvalue weighted by Crippen LogP contribution is -2.39. The van der Waals surface area contributed by atoms with Gasteiger partial charge in [-0.05, 0) is 43.9 Å². The predicted molar refractivity (Wildman–Crippen MR) is 140 cm³/mol. The van der Waals surface area contributed by atoms with Gasteiger partial charge in [-0.2, -0.15) is 4.98 Å². The number of aliphatic hydroxyl groups excluding tert-OH is 1. The number of nitrogens with two attached hydrogens (primary N) is 1. The van der Waals surface area contributed by atoms with E-state index < -0.39 is 44.7 Å². The van der Waals surface area contributed by atoms with Crippen molar-refractivity contribution in [3.63, 3.8) is 0 Å². The van der Waals surface area contributed by atoms with Crippen LogP contribution in [0.5, 0.6) is 0 Å². The fourth-order valence-corrected chi connectivity index (χ4v) is 5.84. The van der Waals surface area contributed by atoms with Gasteiger partial charge in [-0.3, -0.25) is 9.09 Å². The summed E-state index contributed by atoms with van der Waals surface area (Å²) in [7, 11) is -5.01. The maximum atomic E-state index is 12.6. The molecule has 6 rings (SSSR count). The van der Waals surface area contributed by atoms with Crippen LogP contribution in [0.15, 0.2) is 71.7 Å². The average Bonchev–Trinajstić information content (AvgIpc) is 3.21. The molecule has 0 unspecified atom stereocenters. The van der Waals surface area contributed by atoms with Crippen LogP contribution in [0.25, 0.3) is 32.3 Å². The third-order valence-electron chi connectivity index (χ3n) is 6.90. The van der Waals surface area contributed by atoms with Gasteiger partial charge in [-0.1, -0.05) is 54.6 Å². The van der Waals surface area contributed by atoms with Crippen molar-refractivity contribution in [2.75, 3.05) is 12.3 Å². The van der Waals surface area contributed by atoms with Crippen molar-refractivity contribution >= 4 is 46.0 Å². The average molecular weight is 537 g/mol. The van der Waals surface area contributed by atoms with Gasteiger partial charge in [0.15, 0.2) is 6.23 Å². The Bertz CT molecular complexity index is 1740. The Morgan fingerprint density at radius 2 is 1.66 bits per heavy atom. The second kappa shape index (κ2) is 9.40. The third kappa shape index (κ3) is 4.34. The number of phosphoric acid groups is 1. The highest BCUT2D eigenvalue weighted by Crippen LogP contribution is 2.45. The van der Waals surface area contributed by atoms with E-state index in [4.69, 9.17) is 19.7 Å². The molecule has 4 atom stereocenters. The highest BCUT2D eigenvalue weighted by molar-refractivity contribution is 7.46. The zero-order valence-electron chi connectivity index (χ0n) is 19.9. The number of nitrogens with zero attached hydrogens (tertiary/aromatic N) is 2. The lowest BCUT2D eigenvalue weighted by molar-refractivity contribution is -0.0791. The first-order valence-electron chi connectivity index (χ1n) is 11.9. The number of benzene rings is 4. The molecule has 38 heavy (non-hydrogen) atoms. The molecule has 0 amide bonds. The quantitative estimate of drug-likeness (QED) is 0.179. The Morgan fingerprint density at radius 1 is 0.974 bits per heavy atom. The Hall–Kier alpha value is -3.41. The Morgan fingerprint density at radius 3 is 2.34 bits per heavy atom. The van der Waals surface area contributed by atoms with E-state index in [0.29, 0.717) is 0 Å². The van der Waals surface area contributed by atoms with E-state index >= 15 is 0 Å². The van der Waals surface area contributed by atoms with Crippen LogP contribution in [0.1, 0.15) is 11.8 Å². The molecule has 5 aromatic rings. The zero-order chi connectivity index (χ0) is 26.6. The molecule has 0 spiro atoms. The molecule has 1 aliphatic heterocycles. The molecule has 0 saturated carbocycles. The summed E-state index contributed by atoms with van der Waals surface area (Å²) in [6.07, 6.45) is -3.58. The van der Waals surface area contributed by atoms with Gasteiger partial charge < -0.3 is 30.1 Å². The number of ether oxygens (including phenoxy) is 2. The van der Waals surface area contributed by atoms with Crippen LogP contribution in [-0.4, -0.2) is 49.4 Å². The molecule has 1 fully saturated rings. The minimum atomic E-state index is -5.01. The van der Waals surface area contributed by atoms with Gasteiger partial charge >= 0.3 is 13.5 Å². The molecule has 2 heterocycles. The van der Waals surface area contributed by atoms with Gasteiger partial charge in [0.2, 0.25) is 0 Å². The highest BCUT2D eigenvalue weighted by atomic mass is 31.2. The van der Waals surface area contributed by atoms with Crippen molar-refractivity contribution in [1.82, 2.24) is 9.55 Å². The summed E-state index contributed by atoms with van der Waals surface area (Å²) in [6, 6.07) is 19.6. The van der Waals surface area contributed by atoms with Gasteiger partial charge in [0, 0.05) is 6.20 Å². The largest absolute Gasteiger partial charge is 0.470 e. The SMILES string of the molecule is Nc1ccn([C@@H]2O[C@H](CO)[C@@H](OP(=O)(O)O)[C@H]2OCc2ccc3ccc4cccc5ccc2c3c45)c(=O)n1. The maximum absolute atomic E-state index is 12.6. The second-order valence-electron chi connectivity index (χ2n) is 9.21. The van der Waals surface area contributed by atoms with Crippen LogP contribution in [0, 0.1) is 0 Å². The van der Waals surface area contributed by atoms with Crippen molar-refractivity contribution in [2.24, 2.45) is 0 Å². The zero-order valence-corrected chi connectivity index (χ0v) is 20.8. The molecule has 11 nitrogen and oxygen atoms in total. The smallest absolute Gasteiger partial charge is 0.394 e. The topological polar surface area (TPSA) is 166 Å². The Kier molecular flexibility index (Phi) is 6.16. The van der Waals surface area contributed by atoms with Gasteiger partial charge in [0.05, 0.1) is 13.2 Å². The molecule has 0 radical (unpaired) electrons. The van der Waals surface area contributed by atoms with Gasteiger partial charge in [0.25, 0.3) is 0 Å². The fourth-order valence-electron chi connectivity index (χ4n) is 5.27. The van der Waals surface area contributed by atoms with Crippen molar-refractivity contribution in [3.8, 4) is 0 Å². The minimum absolute atomic E-state index is 0.00270. The maximum Gasteiger partial charge on any atom is 0.470 e. The van der Waals surface area contributed by atoms with Crippen molar-refractivity contribution < 1.29 is 33.5 Å². The fraction of sp³-hybridized carbons (Fsp3) is 0.231. The molecule has 1 saturated heterocycles. The molecular weight excluding hydrogens is 513 g/mol. The molecule has 4 aromatic carbocycles. The van der Waals surface area contributed by atoms with E-state index in [9.17, 15) is 24.3 Å². The highest BCUT2D eigenvalue weighted by Gasteiger charge is 2.50. The first kappa shape index (κ1) is 24.9. The molecule has 0 bridgehead atoms. The van der Waals surface area contributed by atoms with Crippen LogP contribution in [0.4, 0.5) is 5.82 Å². The molecule has 5 N–H and O–H groups in total. The summed E-state index contributed by atoms with van der Waals surface area (Å²) in [5.41, 5.74) is 5.68. The molecular formula is C26H24N3O8P. The van der Waals surface area contributed by atoms with Crippen molar-refractivity contribution in [2.45, 2.75) is 31.1 Å².